The standard InChI is InChI=1S/C16H15ClN2O3/c1-11(15(20)14-9-13(17)7-8-18-14)19-16(21)22-10-12-5-3-2-4-6-12/h2-9,11H,10H2,1H3,(H,19,21)/t11-/m0/s1. The highest BCUT2D eigenvalue weighted by atomic mass is 35.5. The van der Waals surface area contributed by atoms with Crippen LogP contribution in [-0.2, 0) is 11.3 Å². The van der Waals surface area contributed by atoms with Crippen molar-refractivity contribution in [3.63, 3.8) is 0 Å². The molecule has 114 valence electrons. The van der Waals surface area contributed by atoms with E-state index < -0.39 is 12.1 Å². The van der Waals surface area contributed by atoms with E-state index in [-0.39, 0.29) is 18.1 Å². The maximum atomic E-state index is 12.1. The lowest BCUT2D eigenvalue weighted by atomic mass is 10.1. The number of Topliss-reactive ketones (excluding diaryl/α,β-unsaturated/α-hetero) is 1. The summed E-state index contributed by atoms with van der Waals surface area (Å²) in [5.74, 6) is -0.334. The molecule has 0 bridgehead atoms. The van der Waals surface area contributed by atoms with Gasteiger partial charge in [-0.15, -0.1) is 0 Å². The molecule has 0 aliphatic heterocycles. The molecule has 5 nitrogen and oxygen atoms in total. The van der Waals surface area contributed by atoms with E-state index in [2.05, 4.69) is 10.3 Å². The lowest BCUT2D eigenvalue weighted by Gasteiger charge is -2.13. The number of rotatable bonds is 5. The minimum Gasteiger partial charge on any atom is -0.445 e. The van der Waals surface area contributed by atoms with Gasteiger partial charge in [-0.05, 0) is 24.6 Å². The summed E-state index contributed by atoms with van der Waals surface area (Å²) < 4.78 is 5.06. The van der Waals surface area contributed by atoms with E-state index >= 15 is 0 Å². The first kappa shape index (κ1) is 16.0. The van der Waals surface area contributed by atoms with Crippen LogP contribution >= 0.6 is 11.6 Å². The van der Waals surface area contributed by atoms with E-state index in [1.54, 1.807) is 13.0 Å². The zero-order valence-electron chi connectivity index (χ0n) is 12.0. The Morgan fingerprint density at radius 2 is 2.00 bits per heavy atom. The number of nitrogens with zero attached hydrogens (tertiary/aromatic N) is 1. The Hall–Kier alpha value is -2.40. The summed E-state index contributed by atoms with van der Waals surface area (Å²) in [5.41, 5.74) is 1.07. The molecule has 0 saturated carbocycles. The number of ether oxygens (including phenoxy) is 1. The smallest absolute Gasteiger partial charge is 0.408 e. The molecule has 6 heteroatoms. The van der Waals surface area contributed by atoms with Crippen LogP contribution in [0, 0.1) is 0 Å². The number of nitrogens with one attached hydrogen (secondary N) is 1. The van der Waals surface area contributed by atoms with E-state index in [1.165, 1.54) is 12.3 Å². The molecule has 2 aromatic rings. The SMILES string of the molecule is C[C@H](NC(=O)OCc1ccccc1)C(=O)c1cc(Cl)ccn1. The second-order valence-corrected chi connectivity index (χ2v) is 5.09. The zero-order valence-corrected chi connectivity index (χ0v) is 12.7. The van der Waals surface area contributed by atoms with Gasteiger partial charge in [-0.25, -0.2) is 4.79 Å². The number of ketones is 1. The van der Waals surface area contributed by atoms with Crippen LogP contribution in [0.25, 0.3) is 0 Å². The van der Waals surface area contributed by atoms with Gasteiger partial charge in [0.05, 0.1) is 6.04 Å². The highest BCUT2D eigenvalue weighted by Crippen LogP contribution is 2.10. The summed E-state index contributed by atoms with van der Waals surface area (Å²) >= 11 is 5.81. The topological polar surface area (TPSA) is 68.3 Å². The lowest BCUT2D eigenvalue weighted by molar-refractivity contribution is 0.0922. The second-order valence-electron chi connectivity index (χ2n) is 4.65. The van der Waals surface area contributed by atoms with Gasteiger partial charge < -0.3 is 10.1 Å². The lowest BCUT2D eigenvalue weighted by Crippen LogP contribution is -2.39. The van der Waals surface area contributed by atoms with E-state index in [0.717, 1.165) is 5.56 Å². The first-order valence-corrected chi connectivity index (χ1v) is 7.07. The van der Waals surface area contributed by atoms with E-state index in [9.17, 15) is 9.59 Å². The molecule has 1 amide bonds. The Labute approximate surface area is 133 Å². The number of hydrogen-bond donors (Lipinski definition) is 1. The molecule has 0 unspecified atom stereocenters. The highest BCUT2D eigenvalue weighted by molar-refractivity contribution is 6.30. The van der Waals surface area contributed by atoms with Gasteiger partial charge in [0.25, 0.3) is 0 Å². The van der Waals surface area contributed by atoms with E-state index in [4.69, 9.17) is 16.3 Å². The Bertz CT molecular complexity index is 661. The fourth-order valence-electron chi connectivity index (χ4n) is 1.77. The molecular formula is C16H15ClN2O3. The van der Waals surface area contributed by atoms with Gasteiger partial charge in [-0.2, -0.15) is 0 Å². The summed E-state index contributed by atoms with van der Waals surface area (Å²) in [6, 6.07) is 11.6. The van der Waals surface area contributed by atoms with Crippen LogP contribution in [0.4, 0.5) is 4.79 Å². The summed E-state index contributed by atoms with van der Waals surface area (Å²) in [6.07, 6.45) is 0.780. The number of hydrogen-bond acceptors (Lipinski definition) is 4. The molecule has 0 saturated heterocycles. The predicted molar refractivity (Wildman–Crippen MR) is 82.8 cm³/mol. The molecular weight excluding hydrogens is 304 g/mol. The third kappa shape index (κ3) is 4.56. The minimum atomic E-state index is -0.755. The Balaban J connectivity index is 1.87. The summed E-state index contributed by atoms with van der Waals surface area (Å²) in [4.78, 5) is 27.7. The molecule has 1 atom stereocenters. The minimum absolute atomic E-state index is 0.142. The van der Waals surface area contributed by atoms with Crippen molar-refractivity contribution in [2.75, 3.05) is 0 Å². The van der Waals surface area contributed by atoms with Crippen molar-refractivity contribution in [3.8, 4) is 0 Å². The van der Waals surface area contributed by atoms with Crippen LogP contribution in [-0.4, -0.2) is 22.9 Å². The van der Waals surface area contributed by atoms with Crippen LogP contribution in [0.1, 0.15) is 23.0 Å². The number of amides is 1. The van der Waals surface area contributed by atoms with Crippen LogP contribution < -0.4 is 5.32 Å². The summed E-state index contributed by atoms with van der Waals surface area (Å²) in [5, 5.41) is 2.89. The van der Waals surface area contributed by atoms with Crippen molar-refractivity contribution in [1.82, 2.24) is 10.3 Å². The van der Waals surface area contributed by atoms with Crippen molar-refractivity contribution in [1.29, 1.82) is 0 Å². The molecule has 0 spiro atoms. The van der Waals surface area contributed by atoms with Crippen molar-refractivity contribution in [2.24, 2.45) is 0 Å². The molecule has 2 rings (SSSR count). The van der Waals surface area contributed by atoms with Gasteiger partial charge in [0, 0.05) is 11.2 Å². The second kappa shape index (κ2) is 7.56. The number of alkyl carbamates (subject to hydrolysis) is 1. The fraction of sp³-hybridized carbons (Fsp3) is 0.188. The molecule has 0 aliphatic carbocycles. The van der Waals surface area contributed by atoms with Gasteiger partial charge in [-0.3, -0.25) is 9.78 Å². The molecule has 0 aliphatic rings. The van der Waals surface area contributed by atoms with Crippen LogP contribution in [0.3, 0.4) is 0 Å². The zero-order chi connectivity index (χ0) is 15.9. The fourth-order valence-corrected chi connectivity index (χ4v) is 1.93. The maximum absolute atomic E-state index is 12.1. The number of halogens is 1. The molecule has 22 heavy (non-hydrogen) atoms. The van der Waals surface area contributed by atoms with Gasteiger partial charge in [-0.1, -0.05) is 41.9 Å². The summed E-state index contributed by atoms with van der Waals surface area (Å²) in [6.45, 7) is 1.71. The number of pyridine rings is 1. The van der Waals surface area contributed by atoms with Crippen LogP contribution in [0.15, 0.2) is 48.7 Å². The normalized spacial score (nSPS) is 11.5. The van der Waals surface area contributed by atoms with Gasteiger partial charge >= 0.3 is 6.09 Å². The predicted octanol–water partition coefficient (Wildman–Crippen LogP) is 3.23. The largest absolute Gasteiger partial charge is 0.445 e. The van der Waals surface area contributed by atoms with Gasteiger partial charge in [0.15, 0.2) is 0 Å². The maximum Gasteiger partial charge on any atom is 0.408 e. The Morgan fingerprint density at radius 1 is 1.27 bits per heavy atom. The Kier molecular flexibility index (Phi) is 5.49. The molecule has 1 heterocycles. The van der Waals surface area contributed by atoms with Crippen molar-refractivity contribution in [2.45, 2.75) is 19.6 Å². The average Bonchev–Trinajstić information content (AvgIpc) is 2.53. The quantitative estimate of drug-likeness (QED) is 0.859. The molecule has 0 radical (unpaired) electrons. The van der Waals surface area contributed by atoms with Crippen LogP contribution in [0.5, 0.6) is 0 Å². The van der Waals surface area contributed by atoms with Crippen molar-refractivity contribution >= 4 is 23.5 Å². The third-order valence-electron chi connectivity index (χ3n) is 2.91. The van der Waals surface area contributed by atoms with Crippen molar-refractivity contribution in [3.05, 3.63) is 64.9 Å². The summed E-state index contributed by atoms with van der Waals surface area (Å²) in [7, 11) is 0. The monoisotopic (exact) mass is 318 g/mol. The van der Waals surface area contributed by atoms with Crippen molar-refractivity contribution < 1.29 is 14.3 Å². The van der Waals surface area contributed by atoms with Gasteiger partial charge in [0.1, 0.15) is 12.3 Å². The number of carbonyl (C=O) groups is 2. The molecule has 0 fully saturated rings. The number of aromatic nitrogens is 1. The number of benzene rings is 1. The number of carbonyl (C=O) groups excluding carboxylic acids is 2. The first-order chi connectivity index (χ1) is 10.6. The van der Waals surface area contributed by atoms with Crippen LogP contribution in [0.2, 0.25) is 5.02 Å². The molecule has 1 N–H and O–H groups in total. The highest BCUT2D eigenvalue weighted by Gasteiger charge is 2.19. The van der Waals surface area contributed by atoms with Gasteiger partial charge in [0.2, 0.25) is 5.78 Å². The first-order valence-electron chi connectivity index (χ1n) is 6.69. The van der Waals surface area contributed by atoms with E-state index in [1.807, 2.05) is 30.3 Å². The third-order valence-corrected chi connectivity index (χ3v) is 3.15. The molecule has 1 aromatic carbocycles. The average molecular weight is 319 g/mol. The van der Waals surface area contributed by atoms with E-state index in [0.29, 0.717) is 5.02 Å². The molecule has 1 aromatic heterocycles. The Morgan fingerprint density at radius 3 is 2.68 bits per heavy atom.